The monoisotopic (exact) mass is 351 g/mol. The zero-order valence-electron chi connectivity index (χ0n) is 14.6. The van der Waals surface area contributed by atoms with E-state index in [2.05, 4.69) is 15.3 Å². The number of fused-ring (bicyclic) bond motifs is 1. The number of aryl methyl sites for hydroxylation is 1. The summed E-state index contributed by atoms with van der Waals surface area (Å²) in [6.07, 6.45) is 5.40. The molecule has 1 amide bonds. The lowest BCUT2D eigenvalue weighted by Crippen LogP contribution is -2.48. The lowest BCUT2D eigenvalue weighted by molar-refractivity contribution is 0.0239. The maximum atomic E-state index is 12.8. The maximum Gasteiger partial charge on any atom is 0.251 e. The number of oxazole rings is 1. The van der Waals surface area contributed by atoms with Crippen molar-refractivity contribution in [1.82, 2.24) is 15.3 Å². The van der Waals surface area contributed by atoms with E-state index in [4.69, 9.17) is 4.42 Å². The summed E-state index contributed by atoms with van der Waals surface area (Å²) >= 11 is 0. The number of carbonyl (C=O) groups excluding carboxylic acids is 1. The van der Waals surface area contributed by atoms with Crippen molar-refractivity contribution in [2.24, 2.45) is 5.92 Å². The summed E-state index contributed by atoms with van der Waals surface area (Å²) < 4.78 is 5.52. The van der Waals surface area contributed by atoms with Crippen molar-refractivity contribution >= 4 is 17.0 Å². The Balaban J connectivity index is 1.52. The van der Waals surface area contributed by atoms with Gasteiger partial charge >= 0.3 is 0 Å². The number of aliphatic hydroxyl groups is 1. The summed E-state index contributed by atoms with van der Waals surface area (Å²) in [5.41, 5.74) is 3.02. The second kappa shape index (κ2) is 6.88. The molecular weight excluding hydrogens is 330 g/mol. The lowest BCUT2D eigenvalue weighted by atomic mass is 9.75. The molecule has 1 aromatic carbocycles. The van der Waals surface area contributed by atoms with Gasteiger partial charge in [-0.05, 0) is 61.1 Å². The van der Waals surface area contributed by atoms with Crippen molar-refractivity contribution in [3.63, 3.8) is 0 Å². The molecule has 1 saturated carbocycles. The molecule has 26 heavy (non-hydrogen) atoms. The van der Waals surface area contributed by atoms with Crippen molar-refractivity contribution in [2.45, 2.75) is 38.3 Å². The number of pyridine rings is 1. The third kappa shape index (κ3) is 3.46. The van der Waals surface area contributed by atoms with Gasteiger partial charge in [0.15, 0.2) is 11.5 Å². The fraction of sp³-hybridized carbons (Fsp3) is 0.350. The summed E-state index contributed by atoms with van der Waals surface area (Å²) in [6, 6.07) is 9.17. The van der Waals surface area contributed by atoms with Crippen LogP contribution in [0.4, 0.5) is 0 Å². The molecule has 0 radical (unpaired) electrons. The van der Waals surface area contributed by atoms with Gasteiger partial charge in [-0.1, -0.05) is 0 Å². The summed E-state index contributed by atoms with van der Waals surface area (Å²) in [7, 11) is 0. The van der Waals surface area contributed by atoms with Crippen LogP contribution in [0.25, 0.3) is 11.1 Å². The molecule has 2 heterocycles. The van der Waals surface area contributed by atoms with Gasteiger partial charge in [-0.15, -0.1) is 0 Å². The standard InChI is InChI=1S/C20H21N3O3/c1-12-22-17-3-2-14(11-19(17)26-12)20(25)23-18(15-9-16(24)10-15)8-13-4-6-21-7-5-13/h2-7,11,15-16,18,24H,8-10H2,1H3,(H,23,25). The first-order chi connectivity index (χ1) is 12.6. The van der Waals surface area contributed by atoms with E-state index in [0.717, 1.165) is 30.3 Å². The quantitative estimate of drug-likeness (QED) is 0.738. The van der Waals surface area contributed by atoms with E-state index in [-0.39, 0.29) is 24.0 Å². The van der Waals surface area contributed by atoms with E-state index in [1.54, 1.807) is 37.5 Å². The van der Waals surface area contributed by atoms with Crippen LogP contribution in [-0.4, -0.2) is 33.1 Å². The molecule has 0 bridgehead atoms. The molecule has 1 aliphatic rings. The average molecular weight is 351 g/mol. The van der Waals surface area contributed by atoms with Gasteiger partial charge < -0.3 is 14.8 Å². The SMILES string of the molecule is Cc1nc2ccc(C(=O)NC(Cc3ccncc3)C3CC(O)C3)cc2o1. The van der Waals surface area contributed by atoms with Crippen LogP contribution in [-0.2, 0) is 6.42 Å². The Hall–Kier alpha value is -2.73. The molecule has 6 heteroatoms. The number of nitrogens with one attached hydrogen (secondary N) is 1. The summed E-state index contributed by atoms with van der Waals surface area (Å²) in [6.45, 7) is 1.78. The van der Waals surface area contributed by atoms with E-state index in [1.165, 1.54) is 0 Å². The highest BCUT2D eigenvalue weighted by Crippen LogP contribution is 2.32. The van der Waals surface area contributed by atoms with Crippen LogP contribution in [0.15, 0.2) is 47.1 Å². The molecule has 4 rings (SSSR count). The van der Waals surface area contributed by atoms with Crippen LogP contribution in [0, 0.1) is 12.8 Å². The Morgan fingerprint density at radius 2 is 2.08 bits per heavy atom. The van der Waals surface area contributed by atoms with Crippen LogP contribution in [0.1, 0.15) is 34.7 Å². The Bertz CT molecular complexity index is 916. The Labute approximate surface area is 151 Å². The molecule has 0 saturated heterocycles. The van der Waals surface area contributed by atoms with Crippen molar-refractivity contribution in [2.75, 3.05) is 0 Å². The molecule has 2 N–H and O–H groups in total. The fourth-order valence-electron chi connectivity index (χ4n) is 3.50. The lowest BCUT2D eigenvalue weighted by Gasteiger charge is -2.38. The normalized spacial score (nSPS) is 20.5. The molecule has 3 aromatic rings. The first-order valence-electron chi connectivity index (χ1n) is 8.83. The average Bonchev–Trinajstić information content (AvgIpc) is 2.98. The van der Waals surface area contributed by atoms with Crippen molar-refractivity contribution in [3.05, 3.63) is 59.7 Å². The molecule has 0 aliphatic heterocycles. The van der Waals surface area contributed by atoms with E-state index in [0.29, 0.717) is 17.0 Å². The molecule has 2 aromatic heterocycles. The van der Waals surface area contributed by atoms with Crippen LogP contribution in [0.2, 0.25) is 0 Å². The number of hydrogen-bond donors (Lipinski definition) is 2. The van der Waals surface area contributed by atoms with E-state index < -0.39 is 0 Å². The number of amides is 1. The number of hydrogen-bond acceptors (Lipinski definition) is 5. The van der Waals surface area contributed by atoms with Crippen LogP contribution in [0.3, 0.4) is 0 Å². The van der Waals surface area contributed by atoms with Crippen molar-refractivity contribution < 1.29 is 14.3 Å². The molecular formula is C20H21N3O3. The largest absolute Gasteiger partial charge is 0.441 e. The molecule has 0 spiro atoms. The molecule has 6 nitrogen and oxygen atoms in total. The Kier molecular flexibility index (Phi) is 4.42. The van der Waals surface area contributed by atoms with Gasteiger partial charge in [0.1, 0.15) is 5.52 Å². The predicted molar refractivity (Wildman–Crippen MR) is 96.7 cm³/mol. The minimum atomic E-state index is -0.259. The number of benzene rings is 1. The van der Waals surface area contributed by atoms with Crippen LogP contribution >= 0.6 is 0 Å². The Morgan fingerprint density at radius 3 is 2.81 bits per heavy atom. The summed E-state index contributed by atoms with van der Waals surface area (Å²) in [5, 5.41) is 12.8. The molecule has 1 fully saturated rings. The first kappa shape index (κ1) is 16.7. The minimum absolute atomic E-state index is 0.0274. The van der Waals surface area contributed by atoms with Gasteiger partial charge in [0.05, 0.1) is 6.10 Å². The molecule has 1 aliphatic carbocycles. The molecule has 1 unspecified atom stereocenters. The highest BCUT2D eigenvalue weighted by molar-refractivity contribution is 5.97. The number of aromatic nitrogens is 2. The topological polar surface area (TPSA) is 88.2 Å². The van der Waals surface area contributed by atoms with Gasteiger partial charge in [-0.25, -0.2) is 4.98 Å². The zero-order valence-corrected chi connectivity index (χ0v) is 14.6. The van der Waals surface area contributed by atoms with Gasteiger partial charge in [0.2, 0.25) is 0 Å². The van der Waals surface area contributed by atoms with Gasteiger partial charge in [-0.2, -0.15) is 0 Å². The summed E-state index contributed by atoms with van der Waals surface area (Å²) in [5.74, 6) is 0.719. The maximum absolute atomic E-state index is 12.8. The third-order valence-corrected chi connectivity index (χ3v) is 5.00. The molecule has 1 atom stereocenters. The van der Waals surface area contributed by atoms with Gasteiger partial charge in [-0.3, -0.25) is 9.78 Å². The van der Waals surface area contributed by atoms with E-state index >= 15 is 0 Å². The second-order valence-electron chi connectivity index (χ2n) is 6.94. The van der Waals surface area contributed by atoms with Crippen molar-refractivity contribution in [1.29, 1.82) is 0 Å². The highest BCUT2D eigenvalue weighted by atomic mass is 16.3. The third-order valence-electron chi connectivity index (χ3n) is 5.00. The van der Waals surface area contributed by atoms with Gasteiger partial charge in [0, 0.05) is 30.9 Å². The van der Waals surface area contributed by atoms with Crippen molar-refractivity contribution in [3.8, 4) is 0 Å². The summed E-state index contributed by atoms with van der Waals surface area (Å²) in [4.78, 5) is 21.1. The zero-order chi connectivity index (χ0) is 18.1. The smallest absolute Gasteiger partial charge is 0.251 e. The fourth-order valence-corrected chi connectivity index (χ4v) is 3.50. The Morgan fingerprint density at radius 1 is 1.31 bits per heavy atom. The van der Waals surface area contributed by atoms with E-state index in [9.17, 15) is 9.90 Å². The van der Waals surface area contributed by atoms with E-state index in [1.807, 2.05) is 12.1 Å². The number of carbonyl (C=O) groups is 1. The second-order valence-corrected chi connectivity index (χ2v) is 6.94. The van der Waals surface area contributed by atoms with Gasteiger partial charge in [0.25, 0.3) is 5.91 Å². The number of rotatable bonds is 5. The van der Waals surface area contributed by atoms with Crippen LogP contribution in [0.5, 0.6) is 0 Å². The highest BCUT2D eigenvalue weighted by Gasteiger charge is 2.35. The number of aliphatic hydroxyl groups excluding tert-OH is 1. The minimum Gasteiger partial charge on any atom is -0.441 e. The van der Waals surface area contributed by atoms with Crippen LogP contribution < -0.4 is 5.32 Å². The first-order valence-corrected chi connectivity index (χ1v) is 8.83. The predicted octanol–water partition coefficient (Wildman–Crippen LogP) is 2.64. The number of nitrogens with zero attached hydrogens (tertiary/aromatic N) is 2. The molecule has 134 valence electrons.